The summed E-state index contributed by atoms with van der Waals surface area (Å²) in [6, 6.07) is 12.9. The zero-order chi connectivity index (χ0) is 19.7. The molecular weight excluding hydrogens is 361 g/mol. The number of amides is 1. The Morgan fingerprint density at radius 1 is 1.25 bits per heavy atom. The molecule has 1 aliphatic rings. The van der Waals surface area contributed by atoms with E-state index in [1.165, 1.54) is 23.0 Å². The van der Waals surface area contributed by atoms with Gasteiger partial charge in [0.2, 0.25) is 5.88 Å². The number of hydrogen-bond donors (Lipinski definition) is 0. The van der Waals surface area contributed by atoms with Gasteiger partial charge in [-0.3, -0.25) is 9.48 Å². The van der Waals surface area contributed by atoms with Crippen LogP contribution in [0.4, 0.5) is 4.39 Å². The minimum Gasteiger partial charge on any atom is -0.471 e. The van der Waals surface area contributed by atoms with Crippen molar-refractivity contribution in [2.75, 3.05) is 13.1 Å². The molecule has 0 spiro atoms. The summed E-state index contributed by atoms with van der Waals surface area (Å²) >= 11 is 0. The summed E-state index contributed by atoms with van der Waals surface area (Å²) in [4.78, 5) is 18.5. The van der Waals surface area contributed by atoms with Gasteiger partial charge in [0, 0.05) is 24.9 Å². The van der Waals surface area contributed by atoms with Crippen LogP contribution in [0, 0.1) is 17.1 Å². The van der Waals surface area contributed by atoms with Crippen LogP contribution in [0.15, 0.2) is 48.7 Å². The Bertz CT molecular complexity index is 1060. The maximum absolute atomic E-state index is 13.1. The predicted molar refractivity (Wildman–Crippen MR) is 97.9 cm³/mol. The Morgan fingerprint density at radius 3 is 2.71 bits per heavy atom. The standard InChI is InChI=1S/C20H16FN5O2/c1-25-18(9-17(24-25)14-2-4-15(21)5-3-14)20(27)26-11-16(12-26)28-19-8-13(10-22)6-7-23-19/h2-9,16H,11-12H2,1H3. The van der Waals surface area contributed by atoms with Gasteiger partial charge in [0.15, 0.2) is 0 Å². The van der Waals surface area contributed by atoms with Gasteiger partial charge in [-0.15, -0.1) is 0 Å². The molecule has 0 aliphatic carbocycles. The van der Waals surface area contributed by atoms with Gasteiger partial charge in [-0.2, -0.15) is 10.4 Å². The quantitative estimate of drug-likeness (QED) is 0.697. The zero-order valence-electron chi connectivity index (χ0n) is 15.0. The summed E-state index contributed by atoms with van der Waals surface area (Å²) in [5, 5.41) is 13.3. The highest BCUT2D eigenvalue weighted by molar-refractivity contribution is 5.94. The SMILES string of the molecule is Cn1nc(-c2ccc(F)cc2)cc1C(=O)N1CC(Oc2cc(C#N)ccn2)C1. The lowest BCUT2D eigenvalue weighted by atomic mass is 10.1. The maximum Gasteiger partial charge on any atom is 0.272 e. The number of aryl methyl sites for hydroxylation is 1. The van der Waals surface area contributed by atoms with Crippen molar-refractivity contribution in [1.29, 1.82) is 5.26 Å². The van der Waals surface area contributed by atoms with E-state index in [-0.39, 0.29) is 17.8 Å². The lowest BCUT2D eigenvalue weighted by Crippen LogP contribution is -2.56. The van der Waals surface area contributed by atoms with E-state index >= 15 is 0 Å². The third-order valence-electron chi connectivity index (χ3n) is 4.53. The molecule has 0 unspecified atom stereocenters. The second-order valence-electron chi connectivity index (χ2n) is 6.49. The third kappa shape index (κ3) is 3.42. The van der Waals surface area contributed by atoms with Crippen LogP contribution in [0.2, 0.25) is 0 Å². The molecule has 0 saturated carbocycles. The highest BCUT2D eigenvalue weighted by atomic mass is 19.1. The summed E-state index contributed by atoms with van der Waals surface area (Å²) in [7, 11) is 1.70. The highest BCUT2D eigenvalue weighted by Gasteiger charge is 2.34. The van der Waals surface area contributed by atoms with E-state index in [1.54, 1.807) is 42.3 Å². The molecule has 7 nitrogen and oxygen atoms in total. The number of likely N-dealkylation sites (tertiary alicyclic amines) is 1. The van der Waals surface area contributed by atoms with Gasteiger partial charge in [-0.25, -0.2) is 9.37 Å². The maximum atomic E-state index is 13.1. The molecule has 8 heteroatoms. The smallest absolute Gasteiger partial charge is 0.272 e. The fourth-order valence-corrected chi connectivity index (χ4v) is 2.98. The topological polar surface area (TPSA) is 84.0 Å². The van der Waals surface area contributed by atoms with Crippen LogP contribution in [0.25, 0.3) is 11.3 Å². The van der Waals surface area contributed by atoms with E-state index in [0.717, 1.165) is 5.56 Å². The van der Waals surface area contributed by atoms with Crippen LogP contribution in [0.1, 0.15) is 16.1 Å². The van der Waals surface area contributed by atoms with Crippen molar-refractivity contribution < 1.29 is 13.9 Å². The average molecular weight is 377 g/mol. The fraction of sp³-hybridized carbons (Fsp3) is 0.200. The Hall–Kier alpha value is -3.73. The molecule has 0 N–H and O–H groups in total. The Morgan fingerprint density at radius 2 is 2.00 bits per heavy atom. The normalized spacial score (nSPS) is 13.7. The van der Waals surface area contributed by atoms with Gasteiger partial charge in [0.05, 0.1) is 30.4 Å². The van der Waals surface area contributed by atoms with Crippen molar-refractivity contribution in [2.45, 2.75) is 6.10 Å². The number of ether oxygens (including phenoxy) is 1. The van der Waals surface area contributed by atoms with Crippen molar-refractivity contribution in [3.63, 3.8) is 0 Å². The number of benzene rings is 1. The predicted octanol–water partition coefficient (Wildman–Crippen LogP) is 2.40. The first-order valence-electron chi connectivity index (χ1n) is 8.65. The molecule has 1 aromatic carbocycles. The van der Waals surface area contributed by atoms with E-state index in [2.05, 4.69) is 10.1 Å². The minimum atomic E-state index is -0.322. The van der Waals surface area contributed by atoms with Crippen LogP contribution in [-0.2, 0) is 7.05 Å². The van der Waals surface area contributed by atoms with Crippen molar-refractivity contribution in [2.24, 2.45) is 7.05 Å². The molecule has 0 atom stereocenters. The van der Waals surface area contributed by atoms with Gasteiger partial charge >= 0.3 is 0 Å². The number of nitriles is 1. The van der Waals surface area contributed by atoms with Gasteiger partial charge in [-0.05, 0) is 36.4 Å². The molecular formula is C20H16FN5O2. The Labute approximate surface area is 160 Å². The largest absolute Gasteiger partial charge is 0.471 e. The van der Waals surface area contributed by atoms with Gasteiger partial charge in [-0.1, -0.05) is 0 Å². The van der Waals surface area contributed by atoms with Gasteiger partial charge in [0.25, 0.3) is 5.91 Å². The molecule has 3 aromatic rings. The number of aromatic nitrogens is 3. The molecule has 2 aromatic heterocycles. The number of pyridine rings is 1. The van der Waals surface area contributed by atoms with Gasteiger partial charge in [0.1, 0.15) is 17.6 Å². The minimum absolute atomic E-state index is 0.151. The summed E-state index contributed by atoms with van der Waals surface area (Å²) in [6.07, 6.45) is 1.34. The highest BCUT2D eigenvalue weighted by Crippen LogP contribution is 2.23. The first-order chi connectivity index (χ1) is 13.5. The fourth-order valence-electron chi connectivity index (χ4n) is 2.98. The van der Waals surface area contributed by atoms with E-state index in [4.69, 9.17) is 10.00 Å². The van der Waals surface area contributed by atoms with Gasteiger partial charge < -0.3 is 9.64 Å². The van der Waals surface area contributed by atoms with E-state index < -0.39 is 0 Å². The van der Waals surface area contributed by atoms with Crippen molar-refractivity contribution in [3.05, 3.63) is 65.7 Å². The molecule has 3 heterocycles. The number of rotatable bonds is 4. The second kappa shape index (κ2) is 7.12. The molecule has 140 valence electrons. The molecule has 28 heavy (non-hydrogen) atoms. The van der Waals surface area contributed by atoms with Crippen LogP contribution in [-0.4, -0.2) is 44.8 Å². The first kappa shape index (κ1) is 17.7. The summed E-state index contributed by atoms with van der Waals surface area (Å²) in [5.41, 5.74) is 2.27. The Balaban J connectivity index is 1.41. The average Bonchev–Trinajstić information content (AvgIpc) is 3.06. The van der Waals surface area contributed by atoms with Crippen molar-refractivity contribution >= 4 is 5.91 Å². The molecule has 0 radical (unpaired) electrons. The molecule has 0 bridgehead atoms. The molecule has 1 aliphatic heterocycles. The van der Waals surface area contributed by atoms with Crippen LogP contribution < -0.4 is 4.74 Å². The lowest BCUT2D eigenvalue weighted by Gasteiger charge is -2.38. The third-order valence-corrected chi connectivity index (χ3v) is 4.53. The van der Waals surface area contributed by atoms with E-state index in [1.807, 2.05) is 6.07 Å². The number of halogens is 1. The molecule has 1 fully saturated rings. The van der Waals surface area contributed by atoms with E-state index in [0.29, 0.717) is 35.9 Å². The molecule has 1 amide bonds. The summed E-state index contributed by atoms with van der Waals surface area (Å²) in [6.45, 7) is 0.850. The lowest BCUT2D eigenvalue weighted by molar-refractivity contribution is 0.0152. The molecule has 1 saturated heterocycles. The number of carbonyl (C=O) groups is 1. The summed E-state index contributed by atoms with van der Waals surface area (Å²) < 4.78 is 20.3. The van der Waals surface area contributed by atoms with Crippen LogP contribution >= 0.6 is 0 Å². The van der Waals surface area contributed by atoms with Crippen molar-refractivity contribution in [1.82, 2.24) is 19.7 Å². The number of nitrogens with zero attached hydrogens (tertiary/aromatic N) is 5. The monoisotopic (exact) mass is 377 g/mol. The van der Waals surface area contributed by atoms with Crippen LogP contribution in [0.3, 0.4) is 0 Å². The second-order valence-corrected chi connectivity index (χ2v) is 6.49. The zero-order valence-corrected chi connectivity index (χ0v) is 15.0. The number of carbonyl (C=O) groups excluding carboxylic acids is 1. The summed E-state index contributed by atoms with van der Waals surface area (Å²) in [5.74, 6) is -0.102. The van der Waals surface area contributed by atoms with Crippen molar-refractivity contribution in [3.8, 4) is 23.2 Å². The first-order valence-corrected chi connectivity index (χ1v) is 8.65. The molecule has 4 rings (SSSR count). The van der Waals surface area contributed by atoms with E-state index in [9.17, 15) is 9.18 Å². The number of hydrogen-bond acceptors (Lipinski definition) is 5. The Kier molecular flexibility index (Phi) is 4.49. The van der Waals surface area contributed by atoms with Crippen LogP contribution in [0.5, 0.6) is 5.88 Å².